The number of benzene rings is 2. The molecule has 2 aromatic carbocycles. The molecule has 1 fully saturated rings. The van der Waals surface area contributed by atoms with E-state index < -0.39 is 0 Å². The van der Waals surface area contributed by atoms with Crippen molar-refractivity contribution in [3.05, 3.63) is 82.6 Å². The van der Waals surface area contributed by atoms with E-state index in [1.807, 2.05) is 54.3 Å². The fourth-order valence-electron chi connectivity index (χ4n) is 4.01. The normalized spacial score (nSPS) is 18.5. The Morgan fingerprint density at radius 2 is 1.83 bits per heavy atom. The number of amides is 1. The number of halogens is 2. The Balaban J connectivity index is 0.00000240. The van der Waals surface area contributed by atoms with Gasteiger partial charge in [-0.3, -0.25) is 4.79 Å². The lowest BCUT2D eigenvalue weighted by atomic mass is 9.89. The minimum atomic E-state index is -0.00677. The molecule has 0 aliphatic carbocycles. The molecule has 3 aromatic rings. The summed E-state index contributed by atoms with van der Waals surface area (Å²) in [6.45, 7) is 3.78. The molecule has 7 heteroatoms. The predicted molar refractivity (Wildman–Crippen MR) is 118 cm³/mol. The van der Waals surface area contributed by atoms with Crippen molar-refractivity contribution in [2.45, 2.75) is 12.8 Å². The maximum atomic E-state index is 13.2. The van der Waals surface area contributed by atoms with Crippen LogP contribution in [0.25, 0.3) is 5.69 Å². The zero-order chi connectivity index (χ0) is 19.7. The van der Waals surface area contributed by atoms with Crippen LogP contribution in [0.1, 0.15) is 27.5 Å². The molecule has 0 unspecified atom stereocenters. The third-order valence-electron chi connectivity index (χ3n) is 5.58. The molecule has 0 radical (unpaired) electrons. The highest BCUT2D eigenvalue weighted by molar-refractivity contribution is 6.32. The largest absolute Gasteiger partial charge is 0.338 e. The number of hydrogen-bond donors (Lipinski definition) is 1. The van der Waals surface area contributed by atoms with Gasteiger partial charge in [-0.25, -0.2) is 4.68 Å². The summed E-state index contributed by atoms with van der Waals surface area (Å²) in [7, 11) is 0. The maximum Gasteiger partial charge on any atom is 0.257 e. The smallest absolute Gasteiger partial charge is 0.257 e. The van der Waals surface area contributed by atoms with Crippen LogP contribution in [0.4, 0.5) is 0 Å². The number of carbonyl (C=O) groups is 1. The Hall–Kier alpha value is -2.34. The second-order valence-electron chi connectivity index (χ2n) is 7.23. The van der Waals surface area contributed by atoms with E-state index >= 15 is 0 Å². The first-order chi connectivity index (χ1) is 13.6. The van der Waals surface area contributed by atoms with E-state index in [2.05, 4.69) is 17.2 Å². The van der Waals surface area contributed by atoms with Gasteiger partial charge in [-0.15, -0.1) is 12.4 Å². The monoisotopic (exact) mass is 430 g/mol. The maximum absolute atomic E-state index is 13.2. The van der Waals surface area contributed by atoms with Crippen molar-refractivity contribution >= 4 is 29.9 Å². The highest BCUT2D eigenvalue weighted by atomic mass is 35.5. The molecule has 1 amide bonds. The van der Waals surface area contributed by atoms with Gasteiger partial charge < -0.3 is 10.6 Å². The second kappa shape index (κ2) is 8.99. The van der Waals surface area contributed by atoms with E-state index in [1.54, 1.807) is 10.9 Å². The fraction of sp³-hybridized carbons (Fsp3) is 0.273. The van der Waals surface area contributed by atoms with Gasteiger partial charge in [0.2, 0.25) is 0 Å². The van der Waals surface area contributed by atoms with Gasteiger partial charge in [0, 0.05) is 19.0 Å². The van der Waals surface area contributed by atoms with Crippen LogP contribution in [0.15, 0.2) is 60.8 Å². The number of nitrogens with two attached hydrogens (primary N) is 1. The summed E-state index contributed by atoms with van der Waals surface area (Å²) < 4.78 is 1.72. The van der Waals surface area contributed by atoms with Crippen LogP contribution >= 0.6 is 24.0 Å². The molecule has 1 aliphatic heterocycles. The molecule has 0 saturated carbocycles. The highest BCUT2D eigenvalue weighted by Gasteiger charge is 2.36. The summed E-state index contributed by atoms with van der Waals surface area (Å²) >= 11 is 6.30. The molecular formula is C22H24Cl2N4O. The number of aromatic nitrogens is 2. The van der Waals surface area contributed by atoms with Gasteiger partial charge in [0.05, 0.1) is 28.2 Å². The van der Waals surface area contributed by atoms with Crippen molar-refractivity contribution in [3.63, 3.8) is 0 Å². The van der Waals surface area contributed by atoms with Crippen molar-refractivity contribution < 1.29 is 4.79 Å². The first kappa shape index (κ1) is 21.4. The standard InChI is InChI=1S/C22H23ClN4O.ClH/c1-15-18(12-25-27(15)21-10-6-5-9-20(21)23)22(28)26-13-17(11-24)19(14-26)16-7-3-2-4-8-16;/h2-10,12,17,19H,11,13-14,24H2,1H3;1H/t17-,19+;/m1./s1. The molecule has 2 atom stereocenters. The van der Waals surface area contributed by atoms with E-state index in [9.17, 15) is 4.79 Å². The molecule has 5 nitrogen and oxygen atoms in total. The minimum absolute atomic E-state index is 0. The summed E-state index contributed by atoms with van der Waals surface area (Å²) in [6, 6.07) is 17.8. The van der Waals surface area contributed by atoms with Gasteiger partial charge >= 0.3 is 0 Å². The first-order valence-electron chi connectivity index (χ1n) is 9.44. The second-order valence-corrected chi connectivity index (χ2v) is 7.64. The van der Waals surface area contributed by atoms with Gasteiger partial charge in [-0.05, 0) is 37.1 Å². The predicted octanol–water partition coefficient (Wildman–Crippen LogP) is 4.07. The topological polar surface area (TPSA) is 64.2 Å². The quantitative estimate of drug-likeness (QED) is 0.678. The molecule has 0 spiro atoms. The van der Waals surface area contributed by atoms with Crippen LogP contribution in [-0.2, 0) is 0 Å². The average Bonchev–Trinajstić information content (AvgIpc) is 3.32. The molecule has 152 valence electrons. The third kappa shape index (κ3) is 4.04. The van der Waals surface area contributed by atoms with E-state index in [0.29, 0.717) is 30.2 Å². The molecule has 1 aliphatic rings. The van der Waals surface area contributed by atoms with Crippen LogP contribution in [0.5, 0.6) is 0 Å². The summed E-state index contributed by atoms with van der Waals surface area (Å²) in [4.78, 5) is 15.1. The number of para-hydroxylation sites is 1. The summed E-state index contributed by atoms with van der Waals surface area (Å²) in [6.07, 6.45) is 1.63. The number of rotatable bonds is 4. The SMILES string of the molecule is Cc1c(C(=O)N2C[C@@H](CN)[C@H](c3ccccc3)C2)cnn1-c1ccccc1Cl.Cl. The van der Waals surface area contributed by atoms with Gasteiger partial charge in [-0.2, -0.15) is 5.10 Å². The van der Waals surface area contributed by atoms with E-state index in [-0.39, 0.29) is 30.2 Å². The lowest BCUT2D eigenvalue weighted by molar-refractivity contribution is 0.0785. The lowest BCUT2D eigenvalue weighted by Gasteiger charge is -2.17. The summed E-state index contributed by atoms with van der Waals surface area (Å²) in [5.41, 5.74) is 9.41. The average molecular weight is 431 g/mol. The number of likely N-dealkylation sites (tertiary alicyclic amines) is 1. The molecule has 1 saturated heterocycles. The Kier molecular flexibility index (Phi) is 6.63. The Labute approximate surface area is 181 Å². The van der Waals surface area contributed by atoms with E-state index in [1.165, 1.54) is 5.56 Å². The minimum Gasteiger partial charge on any atom is -0.338 e. The Morgan fingerprint density at radius 1 is 1.14 bits per heavy atom. The lowest BCUT2D eigenvalue weighted by Crippen LogP contribution is -2.30. The van der Waals surface area contributed by atoms with Gasteiger partial charge in [0.25, 0.3) is 5.91 Å². The molecule has 2 N–H and O–H groups in total. The highest BCUT2D eigenvalue weighted by Crippen LogP contribution is 2.33. The van der Waals surface area contributed by atoms with Gasteiger partial charge in [-0.1, -0.05) is 54.1 Å². The van der Waals surface area contributed by atoms with Crippen LogP contribution in [0.3, 0.4) is 0 Å². The Bertz CT molecular complexity index is 989. The van der Waals surface area contributed by atoms with Crippen molar-refractivity contribution in [1.29, 1.82) is 0 Å². The van der Waals surface area contributed by atoms with Crippen molar-refractivity contribution in [3.8, 4) is 5.69 Å². The number of nitrogens with zero attached hydrogens (tertiary/aromatic N) is 3. The summed E-state index contributed by atoms with van der Waals surface area (Å²) in [5.74, 6) is 0.507. The fourth-order valence-corrected chi connectivity index (χ4v) is 4.23. The van der Waals surface area contributed by atoms with Crippen LogP contribution in [-0.4, -0.2) is 40.2 Å². The molecule has 1 aromatic heterocycles. The van der Waals surface area contributed by atoms with Gasteiger partial charge in [0.1, 0.15) is 0 Å². The summed E-state index contributed by atoms with van der Waals surface area (Å²) in [5, 5.41) is 5.01. The van der Waals surface area contributed by atoms with Crippen molar-refractivity contribution in [2.75, 3.05) is 19.6 Å². The van der Waals surface area contributed by atoms with Crippen LogP contribution in [0, 0.1) is 12.8 Å². The Morgan fingerprint density at radius 3 is 2.52 bits per heavy atom. The third-order valence-corrected chi connectivity index (χ3v) is 5.90. The zero-order valence-corrected chi connectivity index (χ0v) is 17.7. The van der Waals surface area contributed by atoms with E-state index in [0.717, 1.165) is 11.4 Å². The molecule has 2 heterocycles. The van der Waals surface area contributed by atoms with Crippen molar-refractivity contribution in [1.82, 2.24) is 14.7 Å². The molecule has 29 heavy (non-hydrogen) atoms. The molecule has 0 bridgehead atoms. The van der Waals surface area contributed by atoms with Crippen molar-refractivity contribution in [2.24, 2.45) is 11.7 Å². The van der Waals surface area contributed by atoms with Crippen LogP contribution < -0.4 is 5.73 Å². The van der Waals surface area contributed by atoms with Gasteiger partial charge in [0.15, 0.2) is 0 Å². The number of carbonyl (C=O) groups excluding carboxylic acids is 1. The number of hydrogen-bond acceptors (Lipinski definition) is 3. The van der Waals surface area contributed by atoms with Crippen LogP contribution in [0.2, 0.25) is 5.02 Å². The molecule has 4 rings (SSSR count). The zero-order valence-electron chi connectivity index (χ0n) is 16.2. The molecular weight excluding hydrogens is 407 g/mol. The first-order valence-corrected chi connectivity index (χ1v) is 9.81. The van der Waals surface area contributed by atoms with E-state index in [4.69, 9.17) is 17.3 Å².